The molecule has 11 nitrogen and oxygen atoms in total. The number of nitro benzene ring substituents is 1. The molecule has 24 heavy (non-hydrogen) atoms. The van der Waals surface area contributed by atoms with Gasteiger partial charge >= 0.3 is 0 Å². The van der Waals surface area contributed by atoms with Crippen molar-refractivity contribution in [3.63, 3.8) is 0 Å². The molecule has 0 aromatic heterocycles. The third-order valence-corrected chi connectivity index (χ3v) is 6.27. The highest BCUT2D eigenvalue weighted by molar-refractivity contribution is 7.93. The molecule has 1 aliphatic heterocycles. The second-order valence-electron chi connectivity index (χ2n) is 5.05. The predicted octanol–water partition coefficient (Wildman–Crippen LogP) is 0.0638. The van der Waals surface area contributed by atoms with Gasteiger partial charge in [-0.15, -0.1) is 0 Å². The van der Waals surface area contributed by atoms with Gasteiger partial charge in [-0.25, -0.2) is 13.9 Å². The second-order valence-corrected chi connectivity index (χ2v) is 7.17. The van der Waals surface area contributed by atoms with Gasteiger partial charge < -0.3 is 9.94 Å². The molecule has 1 saturated heterocycles. The summed E-state index contributed by atoms with van der Waals surface area (Å²) in [5, 5.41) is 30.4. The van der Waals surface area contributed by atoms with Crippen molar-refractivity contribution in [3.8, 4) is 5.75 Å². The fraction of sp³-hybridized carbons (Fsp3) is 0.417. The Balaban J connectivity index is 2.73. The standard InChI is InChI=1S/C12H15N3O8S/c1-23-8-3-4-10(9(7-8)15(19)20)24(21,22)12(11(16)13-17)5-2-6-14(12)18/h3-4,7,17-18H,2,5-6H2,1H3,(H,13,16). The first kappa shape index (κ1) is 18.1. The van der Waals surface area contributed by atoms with Gasteiger partial charge in [-0.2, -0.15) is 5.06 Å². The van der Waals surface area contributed by atoms with Crippen molar-refractivity contribution in [3.05, 3.63) is 28.3 Å². The van der Waals surface area contributed by atoms with E-state index in [1.54, 1.807) is 0 Å². The monoisotopic (exact) mass is 361 g/mol. The number of hydrogen-bond donors (Lipinski definition) is 3. The van der Waals surface area contributed by atoms with E-state index < -0.39 is 36.1 Å². The number of rotatable bonds is 5. The number of nitrogens with zero attached hydrogens (tertiary/aromatic N) is 2. The lowest BCUT2D eigenvalue weighted by atomic mass is 10.2. The molecule has 1 aliphatic rings. The number of amides is 1. The number of methoxy groups -OCH3 is 1. The van der Waals surface area contributed by atoms with E-state index >= 15 is 0 Å². The lowest BCUT2D eigenvalue weighted by Gasteiger charge is -2.31. The maximum absolute atomic E-state index is 13.0. The van der Waals surface area contributed by atoms with Crippen LogP contribution in [-0.2, 0) is 14.6 Å². The Morgan fingerprint density at radius 1 is 1.50 bits per heavy atom. The summed E-state index contributed by atoms with van der Waals surface area (Å²) >= 11 is 0. The minimum absolute atomic E-state index is 0.0496. The Labute approximate surface area is 136 Å². The summed E-state index contributed by atoms with van der Waals surface area (Å²) in [6, 6.07) is 3.00. The third kappa shape index (κ3) is 2.49. The third-order valence-electron chi connectivity index (χ3n) is 3.86. The maximum Gasteiger partial charge on any atom is 0.291 e. The van der Waals surface area contributed by atoms with Gasteiger partial charge in [-0.05, 0) is 25.0 Å². The predicted molar refractivity (Wildman–Crippen MR) is 77.2 cm³/mol. The minimum atomic E-state index is -4.75. The molecule has 12 heteroatoms. The summed E-state index contributed by atoms with van der Waals surface area (Å²) in [6.07, 6.45) is -0.214. The fourth-order valence-electron chi connectivity index (χ4n) is 2.67. The Bertz CT molecular complexity index is 781. The normalized spacial score (nSPS) is 21.5. The van der Waals surface area contributed by atoms with Crippen LogP contribution < -0.4 is 10.2 Å². The van der Waals surface area contributed by atoms with Crippen LogP contribution in [0.1, 0.15) is 12.8 Å². The summed E-state index contributed by atoms with van der Waals surface area (Å²) in [5.74, 6) is -1.35. The van der Waals surface area contributed by atoms with Crippen LogP contribution in [0, 0.1) is 10.1 Å². The Morgan fingerprint density at radius 2 is 2.17 bits per heavy atom. The molecule has 1 atom stereocenters. The molecule has 0 bridgehead atoms. The molecule has 0 spiro atoms. The van der Waals surface area contributed by atoms with Crippen LogP contribution in [0.3, 0.4) is 0 Å². The number of benzene rings is 1. The fourth-order valence-corrected chi connectivity index (χ4v) is 4.76. The summed E-state index contributed by atoms with van der Waals surface area (Å²) < 4.78 is 30.8. The topological polar surface area (TPSA) is 159 Å². The van der Waals surface area contributed by atoms with E-state index in [0.717, 1.165) is 12.1 Å². The number of carbonyl (C=O) groups is 1. The summed E-state index contributed by atoms with van der Waals surface area (Å²) in [7, 11) is -3.50. The maximum atomic E-state index is 13.0. The van der Waals surface area contributed by atoms with E-state index in [2.05, 4.69) is 0 Å². The zero-order valence-corrected chi connectivity index (χ0v) is 13.3. The number of hydroxylamine groups is 3. The number of nitro groups is 1. The van der Waals surface area contributed by atoms with E-state index in [1.807, 2.05) is 0 Å². The van der Waals surface area contributed by atoms with Gasteiger partial charge in [0.2, 0.25) is 14.7 Å². The van der Waals surface area contributed by atoms with Gasteiger partial charge in [0.15, 0.2) is 0 Å². The quantitative estimate of drug-likeness (QED) is 0.374. The first-order valence-corrected chi connectivity index (χ1v) is 8.19. The van der Waals surface area contributed by atoms with Crippen LogP contribution in [0.15, 0.2) is 23.1 Å². The van der Waals surface area contributed by atoms with Crippen LogP contribution in [0.2, 0.25) is 0 Å². The summed E-state index contributed by atoms with van der Waals surface area (Å²) in [5.41, 5.74) is 0.405. The van der Waals surface area contributed by atoms with Crippen LogP contribution in [0.25, 0.3) is 0 Å². The highest BCUT2D eigenvalue weighted by Gasteiger charge is 2.60. The Hall–Kier alpha value is -2.28. The number of nitrogens with one attached hydrogen (secondary N) is 1. The lowest BCUT2D eigenvalue weighted by molar-refractivity contribution is -0.387. The number of ether oxygens (including phenoxy) is 1. The highest BCUT2D eigenvalue weighted by atomic mass is 32.2. The highest BCUT2D eigenvalue weighted by Crippen LogP contribution is 2.41. The van der Waals surface area contributed by atoms with Crippen LogP contribution in [-0.4, -0.2) is 53.3 Å². The van der Waals surface area contributed by atoms with Gasteiger partial charge in [-0.1, -0.05) is 0 Å². The van der Waals surface area contributed by atoms with Crippen molar-refractivity contribution in [1.29, 1.82) is 0 Å². The zero-order chi connectivity index (χ0) is 18.1. The van der Waals surface area contributed by atoms with Crippen molar-refractivity contribution in [2.75, 3.05) is 13.7 Å². The second kappa shape index (κ2) is 6.32. The molecule has 1 fully saturated rings. The first-order valence-electron chi connectivity index (χ1n) is 6.70. The number of hydrogen-bond acceptors (Lipinski definition) is 9. The molecule has 1 aromatic carbocycles. The molecule has 1 aromatic rings. The molecule has 132 valence electrons. The molecule has 1 amide bonds. The average Bonchev–Trinajstić information content (AvgIpc) is 2.96. The molecular weight excluding hydrogens is 346 g/mol. The zero-order valence-electron chi connectivity index (χ0n) is 12.5. The number of sulfone groups is 1. The molecule has 1 unspecified atom stereocenters. The van der Waals surface area contributed by atoms with E-state index in [0.29, 0.717) is 0 Å². The van der Waals surface area contributed by atoms with Crippen LogP contribution in [0.4, 0.5) is 5.69 Å². The first-order chi connectivity index (χ1) is 11.2. The molecule has 0 radical (unpaired) electrons. The van der Waals surface area contributed by atoms with Crippen molar-refractivity contribution in [2.45, 2.75) is 22.6 Å². The lowest BCUT2D eigenvalue weighted by Crippen LogP contribution is -2.58. The largest absolute Gasteiger partial charge is 0.497 e. The molecule has 1 heterocycles. The molecule has 2 rings (SSSR count). The van der Waals surface area contributed by atoms with Crippen LogP contribution in [0.5, 0.6) is 5.75 Å². The summed E-state index contributed by atoms with van der Waals surface area (Å²) in [4.78, 5) is 19.0. The minimum Gasteiger partial charge on any atom is -0.497 e. The van der Waals surface area contributed by atoms with Gasteiger partial charge in [0, 0.05) is 6.54 Å². The van der Waals surface area contributed by atoms with Gasteiger partial charge in [-0.3, -0.25) is 20.1 Å². The smallest absolute Gasteiger partial charge is 0.291 e. The van der Waals surface area contributed by atoms with E-state index in [1.165, 1.54) is 18.7 Å². The SMILES string of the molecule is COc1ccc(S(=O)(=O)C2(C(=O)NO)CCCN2O)c([N+](=O)[O-])c1. The van der Waals surface area contributed by atoms with Gasteiger partial charge in [0.1, 0.15) is 10.6 Å². The molecular formula is C12H15N3O8S. The van der Waals surface area contributed by atoms with Gasteiger partial charge in [0.25, 0.3) is 11.6 Å². The Kier molecular flexibility index (Phi) is 4.75. The summed E-state index contributed by atoms with van der Waals surface area (Å²) in [6.45, 7) is -0.156. The van der Waals surface area contributed by atoms with Crippen molar-refractivity contribution in [2.24, 2.45) is 0 Å². The van der Waals surface area contributed by atoms with E-state index in [9.17, 15) is 28.5 Å². The van der Waals surface area contributed by atoms with Crippen LogP contribution >= 0.6 is 0 Å². The Morgan fingerprint density at radius 3 is 2.62 bits per heavy atom. The average molecular weight is 361 g/mol. The molecule has 0 aliphatic carbocycles. The van der Waals surface area contributed by atoms with Crippen molar-refractivity contribution < 1.29 is 33.3 Å². The van der Waals surface area contributed by atoms with E-state index in [-0.39, 0.29) is 30.2 Å². The van der Waals surface area contributed by atoms with Gasteiger partial charge in [0.05, 0.1) is 18.1 Å². The van der Waals surface area contributed by atoms with Crippen molar-refractivity contribution in [1.82, 2.24) is 10.5 Å². The molecule has 0 saturated carbocycles. The van der Waals surface area contributed by atoms with E-state index in [4.69, 9.17) is 9.94 Å². The van der Waals surface area contributed by atoms with Crippen molar-refractivity contribution >= 4 is 21.4 Å². The number of carbonyl (C=O) groups excluding carboxylic acids is 1. The molecule has 3 N–H and O–H groups in total.